The van der Waals surface area contributed by atoms with E-state index in [1.54, 1.807) is 0 Å². The van der Waals surface area contributed by atoms with Gasteiger partial charge in [-0.05, 0) is 28.7 Å². The molecule has 0 aromatic carbocycles. The Hall–Kier alpha value is -0.970. The van der Waals surface area contributed by atoms with Crippen LogP contribution in [0.3, 0.4) is 0 Å². The molecular weight excluding hydrogens is 166 g/mol. The molecule has 0 bridgehead atoms. The molecule has 0 amide bonds. The minimum atomic E-state index is 0.525. The van der Waals surface area contributed by atoms with Crippen molar-refractivity contribution in [2.45, 2.75) is 39.3 Å². The summed E-state index contributed by atoms with van der Waals surface area (Å²) in [4.78, 5) is 0. The van der Waals surface area contributed by atoms with Crippen molar-refractivity contribution in [2.75, 3.05) is 0 Å². The highest BCUT2D eigenvalue weighted by Gasteiger charge is 2.35. The summed E-state index contributed by atoms with van der Waals surface area (Å²) in [5.74, 6) is 0.810. The van der Waals surface area contributed by atoms with Gasteiger partial charge in [-0.15, -0.1) is 5.10 Å². The van der Waals surface area contributed by atoms with Crippen LogP contribution in [-0.4, -0.2) is 26.7 Å². The van der Waals surface area contributed by atoms with E-state index in [0.29, 0.717) is 11.5 Å². The van der Waals surface area contributed by atoms with Gasteiger partial charge in [0.1, 0.15) is 0 Å². The van der Waals surface area contributed by atoms with Gasteiger partial charge >= 0.3 is 0 Å². The first kappa shape index (κ1) is 8.62. The number of H-pyrrole nitrogens is 1. The van der Waals surface area contributed by atoms with E-state index >= 15 is 0 Å². The van der Waals surface area contributed by atoms with Crippen molar-refractivity contribution in [1.29, 1.82) is 0 Å². The summed E-state index contributed by atoms with van der Waals surface area (Å²) in [6, 6.07) is 0.639. The molecule has 1 fully saturated rings. The maximum atomic E-state index is 3.80. The van der Waals surface area contributed by atoms with Crippen LogP contribution >= 0.6 is 0 Å². The fraction of sp³-hybridized carbons (Fsp3) is 0.875. The predicted molar refractivity (Wildman–Crippen MR) is 47.8 cm³/mol. The van der Waals surface area contributed by atoms with E-state index < -0.39 is 0 Å². The lowest BCUT2D eigenvalue weighted by atomic mass is 9.68. The number of tetrazole rings is 1. The van der Waals surface area contributed by atoms with Crippen LogP contribution in [0.5, 0.6) is 0 Å². The van der Waals surface area contributed by atoms with Gasteiger partial charge in [0.15, 0.2) is 5.82 Å². The SMILES string of the molecule is CC1(C)CC(NCc2nnn[nH]2)C1. The number of hydrogen-bond donors (Lipinski definition) is 2. The standard InChI is InChI=1S/C8H15N5/c1-8(2)3-6(4-8)9-5-7-10-12-13-11-7/h6,9H,3-5H2,1-2H3,(H,10,11,12,13). The first-order valence-corrected chi connectivity index (χ1v) is 4.62. The summed E-state index contributed by atoms with van der Waals surface area (Å²) in [5, 5.41) is 17.0. The van der Waals surface area contributed by atoms with E-state index in [1.807, 2.05) is 0 Å². The molecule has 0 spiro atoms. The van der Waals surface area contributed by atoms with Crippen molar-refractivity contribution < 1.29 is 0 Å². The van der Waals surface area contributed by atoms with Gasteiger partial charge in [-0.2, -0.15) is 0 Å². The van der Waals surface area contributed by atoms with Gasteiger partial charge in [0.2, 0.25) is 0 Å². The average Bonchev–Trinajstić information content (AvgIpc) is 2.48. The number of aromatic nitrogens is 4. The van der Waals surface area contributed by atoms with Crippen molar-refractivity contribution in [3.05, 3.63) is 5.82 Å². The number of nitrogens with one attached hydrogen (secondary N) is 2. The van der Waals surface area contributed by atoms with Crippen LogP contribution < -0.4 is 5.32 Å². The van der Waals surface area contributed by atoms with Crippen LogP contribution in [0.15, 0.2) is 0 Å². The van der Waals surface area contributed by atoms with Crippen LogP contribution in [-0.2, 0) is 6.54 Å². The zero-order chi connectivity index (χ0) is 9.31. The Morgan fingerprint density at radius 1 is 1.54 bits per heavy atom. The first-order valence-electron chi connectivity index (χ1n) is 4.62. The van der Waals surface area contributed by atoms with Crippen LogP contribution in [0.4, 0.5) is 0 Å². The van der Waals surface area contributed by atoms with Gasteiger partial charge in [0.05, 0.1) is 6.54 Å². The third kappa shape index (κ3) is 2.03. The molecule has 0 aliphatic heterocycles. The highest BCUT2D eigenvalue weighted by Crippen LogP contribution is 2.39. The van der Waals surface area contributed by atoms with Gasteiger partial charge in [0.25, 0.3) is 0 Å². The van der Waals surface area contributed by atoms with E-state index in [0.717, 1.165) is 12.4 Å². The Morgan fingerprint density at radius 2 is 2.31 bits per heavy atom. The molecule has 1 aliphatic carbocycles. The molecule has 1 aromatic rings. The van der Waals surface area contributed by atoms with Gasteiger partial charge in [-0.3, -0.25) is 0 Å². The molecule has 1 saturated carbocycles. The molecule has 1 aromatic heterocycles. The number of nitrogens with zero attached hydrogens (tertiary/aromatic N) is 3. The normalized spacial score (nSPS) is 21.4. The summed E-state index contributed by atoms with van der Waals surface area (Å²) < 4.78 is 0. The first-order chi connectivity index (χ1) is 6.16. The molecular formula is C8H15N5. The fourth-order valence-corrected chi connectivity index (χ4v) is 1.91. The molecule has 2 N–H and O–H groups in total. The Bertz CT molecular complexity index is 258. The number of rotatable bonds is 3. The third-order valence-corrected chi connectivity index (χ3v) is 2.55. The fourth-order valence-electron chi connectivity index (χ4n) is 1.91. The van der Waals surface area contributed by atoms with Crippen molar-refractivity contribution >= 4 is 0 Å². The Morgan fingerprint density at radius 3 is 2.85 bits per heavy atom. The Balaban J connectivity index is 1.71. The predicted octanol–water partition coefficient (Wildman–Crippen LogP) is 0.478. The molecule has 5 nitrogen and oxygen atoms in total. The van der Waals surface area contributed by atoms with Crippen molar-refractivity contribution in [3.63, 3.8) is 0 Å². The van der Waals surface area contributed by atoms with Crippen molar-refractivity contribution in [1.82, 2.24) is 25.9 Å². The average molecular weight is 181 g/mol. The highest BCUT2D eigenvalue weighted by atomic mass is 15.5. The zero-order valence-electron chi connectivity index (χ0n) is 8.04. The second-order valence-corrected chi connectivity index (χ2v) is 4.50. The summed E-state index contributed by atoms with van der Waals surface area (Å²) in [6.07, 6.45) is 2.49. The summed E-state index contributed by atoms with van der Waals surface area (Å²) in [5.41, 5.74) is 0.525. The maximum Gasteiger partial charge on any atom is 0.162 e. The molecule has 1 aliphatic rings. The summed E-state index contributed by atoms with van der Waals surface area (Å²) >= 11 is 0. The van der Waals surface area contributed by atoms with Gasteiger partial charge in [0, 0.05) is 6.04 Å². The van der Waals surface area contributed by atoms with Crippen LogP contribution in [0.2, 0.25) is 0 Å². The highest BCUT2D eigenvalue weighted by molar-refractivity contribution is 4.92. The third-order valence-electron chi connectivity index (χ3n) is 2.55. The lowest BCUT2D eigenvalue weighted by Gasteiger charge is -2.42. The largest absolute Gasteiger partial charge is 0.307 e. The minimum absolute atomic E-state index is 0.525. The summed E-state index contributed by atoms with van der Waals surface area (Å²) in [7, 11) is 0. The zero-order valence-corrected chi connectivity index (χ0v) is 8.04. The van der Waals surface area contributed by atoms with Gasteiger partial charge < -0.3 is 5.32 Å². The van der Waals surface area contributed by atoms with E-state index in [4.69, 9.17) is 0 Å². The monoisotopic (exact) mass is 181 g/mol. The summed E-state index contributed by atoms with van der Waals surface area (Å²) in [6.45, 7) is 5.33. The lowest BCUT2D eigenvalue weighted by Crippen LogP contribution is -2.45. The molecule has 0 saturated heterocycles. The van der Waals surface area contributed by atoms with Crippen molar-refractivity contribution in [3.8, 4) is 0 Å². The molecule has 2 rings (SSSR count). The van der Waals surface area contributed by atoms with E-state index in [-0.39, 0.29) is 0 Å². The van der Waals surface area contributed by atoms with Gasteiger partial charge in [-0.25, -0.2) is 5.10 Å². The Labute approximate surface area is 77.3 Å². The quantitative estimate of drug-likeness (QED) is 0.711. The molecule has 5 heteroatoms. The molecule has 0 unspecified atom stereocenters. The van der Waals surface area contributed by atoms with E-state index in [1.165, 1.54) is 12.8 Å². The molecule has 0 radical (unpaired) electrons. The van der Waals surface area contributed by atoms with Crippen LogP contribution in [0, 0.1) is 5.41 Å². The number of hydrogen-bond acceptors (Lipinski definition) is 4. The molecule has 1 heterocycles. The molecule has 13 heavy (non-hydrogen) atoms. The van der Waals surface area contributed by atoms with Crippen molar-refractivity contribution in [2.24, 2.45) is 5.41 Å². The topological polar surface area (TPSA) is 66.5 Å². The Kier molecular flexibility index (Phi) is 2.03. The number of aromatic amines is 1. The van der Waals surface area contributed by atoms with Crippen LogP contribution in [0.25, 0.3) is 0 Å². The second kappa shape index (κ2) is 3.06. The smallest absolute Gasteiger partial charge is 0.162 e. The molecule has 0 atom stereocenters. The second-order valence-electron chi connectivity index (χ2n) is 4.50. The minimum Gasteiger partial charge on any atom is -0.307 e. The van der Waals surface area contributed by atoms with Gasteiger partial charge in [-0.1, -0.05) is 13.8 Å². The van der Waals surface area contributed by atoms with E-state index in [9.17, 15) is 0 Å². The van der Waals surface area contributed by atoms with Crippen LogP contribution in [0.1, 0.15) is 32.5 Å². The van der Waals surface area contributed by atoms with E-state index in [2.05, 4.69) is 39.8 Å². The lowest BCUT2D eigenvalue weighted by molar-refractivity contribution is 0.124. The maximum absolute atomic E-state index is 3.80. The molecule has 72 valence electrons.